The van der Waals surface area contributed by atoms with Crippen molar-refractivity contribution in [2.45, 2.75) is 6.42 Å². The van der Waals surface area contributed by atoms with Gasteiger partial charge < -0.3 is 15.3 Å². The molecule has 1 aliphatic heterocycles. The van der Waals surface area contributed by atoms with Crippen molar-refractivity contribution in [2.24, 2.45) is 0 Å². The van der Waals surface area contributed by atoms with Gasteiger partial charge in [-0.3, -0.25) is 9.69 Å². The van der Waals surface area contributed by atoms with Gasteiger partial charge in [-0.1, -0.05) is 0 Å². The molecule has 0 bridgehead atoms. The maximum absolute atomic E-state index is 12.2. The summed E-state index contributed by atoms with van der Waals surface area (Å²) in [6, 6.07) is 7.48. The van der Waals surface area contributed by atoms with Crippen molar-refractivity contribution in [3.8, 4) is 0 Å². The first kappa shape index (κ1) is 16.0. The number of carbonyl (C=O) groups is 2. The molecule has 2 amide bonds. The number of halogens is 1. The summed E-state index contributed by atoms with van der Waals surface area (Å²) in [7, 11) is 0. The number of urea groups is 1. The number of carboxylic acid groups (broad SMARTS) is 1. The molecule has 0 spiro atoms. The highest BCUT2D eigenvalue weighted by Crippen LogP contribution is 2.12. The second-order valence-corrected chi connectivity index (χ2v) is 6.19. The van der Waals surface area contributed by atoms with Crippen LogP contribution in [-0.4, -0.2) is 59.6 Å². The van der Waals surface area contributed by atoms with E-state index in [-0.39, 0.29) is 12.6 Å². The van der Waals surface area contributed by atoms with Gasteiger partial charge >= 0.3 is 12.0 Å². The lowest BCUT2D eigenvalue weighted by Gasteiger charge is -2.21. The second kappa shape index (κ2) is 7.60. The van der Waals surface area contributed by atoms with Crippen LogP contribution < -0.4 is 5.32 Å². The minimum Gasteiger partial charge on any atom is -0.480 e. The summed E-state index contributed by atoms with van der Waals surface area (Å²) in [4.78, 5) is 26.5. The van der Waals surface area contributed by atoms with Gasteiger partial charge in [0.2, 0.25) is 0 Å². The van der Waals surface area contributed by atoms with E-state index in [2.05, 4.69) is 27.9 Å². The maximum atomic E-state index is 12.2. The SMILES string of the molecule is O=C(O)CN1CCCN(C(=O)Nc2ccc(I)cc2)CC1. The number of nitrogens with zero attached hydrogens (tertiary/aromatic N) is 2. The fourth-order valence-electron chi connectivity index (χ4n) is 2.26. The number of amides is 2. The van der Waals surface area contributed by atoms with Crippen LogP contribution in [0.2, 0.25) is 0 Å². The molecule has 0 radical (unpaired) electrons. The van der Waals surface area contributed by atoms with Gasteiger partial charge in [0.05, 0.1) is 6.54 Å². The van der Waals surface area contributed by atoms with Crippen molar-refractivity contribution >= 4 is 40.3 Å². The van der Waals surface area contributed by atoms with Crippen molar-refractivity contribution in [3.05, 3.63) is 27.8 Å². The zero-order valence-corrected chi connectivity index (χ0v) is 13.7. The van der Waals surface area contributed by atoms with E-state index >= 15 is 0 Å². The van der Waals surface area contributed by atoms with Crippen molar-refractivity contribution in [2.75, 3.05) is 38.0 Å². The number of carbonyl (C=O) groups excluding carboxylic acids is 1. The number of hydrogen-bond acceptors (Lipinski definition) is 3. The minimum atomic E-state index is -0.827. The molecule has 0 unspecified atom stereocenters. The smallest absolute Gasteiger partial charge is 0.321 e. The molecule has 1 aromatic rings. The third-order valence-corrected chi connectivity index (χ3v) is 4.05. The molecule has 2 N–H and O–H groups in total. The van der Waals surface area contributed by atoms with Gasteiger partial charge in [0.25, 0.3) is 0 Å². The molecule has 0 aromatic heterocycles. The number of aliphatic carboxylic acids is 1. The zero-order chi connectivity index (χ0) is 15.2. The normalized spacial score (nSPS) is 16.3. The Bertz CT molecular complexity index is 507. The van der Waals surface area contributed by atoms with Crippen molar-refractivity contribution in [3.63, 3.8) is 0 Å². The van der Waals surface area contributed by atoms with Gasteiger partial charge in [-0.05, 0) is 53.3 Å². The first-order valence-electron chi connectivity index (χ1n) is 6.80. The van der Waals surface area contributed by atoms with Gasteiger partial charge in [0.1, 0.15) is 0 Å². The lowest BCUT2D eigenvalue weighted by Crippen LogP contribution is -2.38. The standard InChI is InChI=1S/C14H18IN3O3/c15-11-2-4-12(5-3-11)16-14(21)18-7-1-6-17(8-9-18)10-13(19)20/h2-5H,1,6-10H2,(H,16,21)(H,19,20). The average Bonchev–Trinajstić information content (AvgIpc) is 2.66. The molecule has 0 saturated carbocycles. The third kappa shape index (κ3) is 5.16. The van der Waals surface area contributed by atoms with E-state index in [9.17, 15) is 9.59 Å². The lowest BCUT2D eigenvalue weighted by atomic mass is 10.3. The van der Waals surface area contributed by atoms with Crippen molar-refractivity contribution in [1.29, 1.82) is 0 Å². The van der Waals surface area contributed by atoms with Gasteiger partial charge in [-0.2, -0.15) is 0 Å². The third-order valence-electron chi connectivity index (χ3n) is 3.33. The van der Waals surface area contributed by atoms with Gasteiger partial charge in [0, 0.05) is 35.4 Å². The van der Waals surface area contributed by atoms with E-state index in [1.165, 1.54) is 0 Å². The number of anilines is 1. The van der Waals surface area contributed by atoms with E-state index in [0.717, 1.165) is 15.7 Å². The fraction of sp³-hybridized carbons (Fsp3) is 0.429. The number of hydrogen-bond donors (Lipinski definition) is 2. The zero-order valence-electron chi connectivity index (χ0n) is 11.6. The highest BCUT2D eigenvalue weighted by molar-refractivity contribution is 14.1. The molecule has 1 fully saturated rings. The van der Waals surface area contributed by atoms with Crippen LogP contribution in [0, 0.1) is 3.57 Å². The Morgan fingerprint density at radius 3 is 2.52 bits per heavy atom. The fourth-order valence-corrected chi connectivity index (χ4v) is 2.62. The van der Waals surface area contributed by atoms with E-state index in [4.69, 9.17) is 5.11 Å². The van der Waals surface area contributed by atoms with E-state index in [1.54, 1.807) is 4.90 Å². The molecule has 0 atom stereocenters. The summed E-state index contributed by atoms with van der Waals surface area (Å²) in [5.41, 5.74) is 0.770. The van der Waals surface area contributed by atoms with Crippen molar-refractivity contribution < 1.29 is 14.7 Å². The molecule has 0 aliphatic carbocycles. The van der Waals surface area contributed by atoms with Gasteiger partial charge in [0.15, 0.2) is 0 Å². The summed E-state index contributed by atoms with van der Waals surface area (Å²) in [5.74, 6) is -0.827. The summed E-state index contributed by atoms with van der Waals surface area (Å²) < 4.78 is 1.12. The molecular formula is C14H18IN3O3. The summed E-state index contributed by atoms with van der Waals surface area (Å²) in [6.07, 6.45) is 0.785. The number of carboxylic acids is 1. The summed E-state index contributed by atoms with van der Waals surface area (Å²) in [5, 5.41) is 11.7. The van der Waals surface area contributed by atoms with Gasteiger partial charge in [-0.15, -0.1) is 0 Å². The minimum absolute atomic E-state index is 0.0343. The van der Waals surface area contributed by atoms with Crippen molar-refractivity contribution in [1.82, 2.24) is 9.80 Å². The molecular weight excluding hydrogens is 385 g/mol. The quantitative estimate of drug-likeness (QED) is 0.757. The highest BCUT2D eigenvalue weighted by Gasteiger charge is 2.20. The molecule has 114 valence electrons. The predicted octanol–water partition coefficient (Wildman–Crippen LogP) is 1.92. The van der Waals surface area contributed by atoms with E-state index < -0.39 is 5.97 Å². The molecule has 1 aliphatic rings. The van der Waals surface area contributed by atoms with Crippen LogP contribution in [-0.2, 0) is 4.79 Å². The average molecular weight is 403 g/mol. The maximum Gasteiger partial charge on any atom is 0.321 e. The Morgan fingerprint density at radius 2 is 1.86 bits per heavy atom. The largest absolute Gasteiger partial charge is 0.480 e. The van der Waals surface area contributed by atoms with Crippen LogP contribution in [0.5, 0.6) is 0 Å². The van der Waals surface area contributed by atoms with Crippen LogP contribution in [0.25, 0.3) is 0 Å². The Kier molecular flexibility index (Phi) is 5.80. The second-order valence-electron chi connectivity index (χ2n) is 4.95. The molecule has 1 aromatic carbocycles. The predicted molar refractivity (Wildman–Crippen MR) is 88.4 cm³/mol. The number of rotatable bonds is 3. The summed E-state index contributed by atoms with van der Waals surface area (Å²) in [6.45, 7) is 2.52. The molecule has 1 heterocycles. The molecule has 7 heteroatoms. The topological polar surface area (TPSA) is 72.9 Å². The Morgan fingerprint density at radius 1 is 1.14 bits per heavy atom. The molecule has 2 rings (SSSR count). The van der Waals surface area contributed by atoms with Crippen LogP contribution >= 0.6 is 22.6 Å². The highest BCUT2D eigenvalue weighted by atomic mass is 127. The van der Waals surface area contributed by atoms with Crippen LogP contribution in [0.4, 0.5) is 10.5 Å². The number of benzene rings is 1. The Balaban J connectivity index is 1.88. The van der Waals surface area contributed by atoms with Gasteiger partial charge in [-0.25, -0.2) is 4.79 Å². The van der Waals surface area contributed by atoms with E-state index in [1.807, 2.05) is 29.2 Å². The number of nitrogens with one attached hydrogen (secondary N) is 1. The van der Waals surface area contributed by atoms with Crippen LogP contribution in [0.3, 0.4) is 0 Å². The lowest BCUT2D eigenvalue weighted by molar-refractivity contribution is -0.138. The first-order chi connectivity index (χ1) is 10.0. The Labute approximate surface area is 137 Å². The molecule has 21 heavy (non-hydrogen) atoms. The first-order valence-corrected chi connectivity index (χ1v) is 7.88. The summed E-state index contributed by atoms with van der Waals surface area (Å²) >= 11 is 2.21. The van der Waals surface area contributed by atoms with Crippen LogP contribution in [0.1, 0.15) is 6.42 Å². The molecule has 1 saturated heterocycles. The Hall–Kier alpha value is -1.35. The van der Waals surface area contributed by atoms with E-state index in [0.29, 0.717) is 26.2 Å². The molecule has 6 nitrogen and oxygen atoms in total. The monoisotopic (exact) mass is 403 g/mol. The van der Waals surface area contributed by atoms with Crippen LogP contribution in [0.15, 0.2) is 24.3 Å².